The van der Waals surface area contributed by atoms with Crippen molar-refractivity contribution in [3.8, 4) is 0 Å². The average molecular weight is 441 g/mol. The zero-order chi connectivity index (χ0) is 23.1. The Balaban J connectivity index is 1.62. The number of guanidine groups is 1. The second-order valence-corrected chi connectivity index (χ2v) is 8.85. The second kappa shape index (κ2) is 10.4. The Kier molecular flexibility index (Phi) is 7.66. The van der Waals surface area contributed by atoms with Gasteiger partial charge in [0.05, 0.1) is 5.92 Å². The fourth-order valence-corrected chi connectivity index (χ4v) is 3.97. The topological polar surface area (TPSA) is 95.6 Å². The summed E-state index contributed by atoms with van der Waals surface area (Å²) in [7, 11) is 1.72. The van der Waals surface area contributed by atoms with Gasteiger partial charge in [0.15, 0.2) is 5.96 Å². The zero-order valence-electron chi connectivity index (χ0n) is 19.1. The van der Waals surface area contributed by atoms with Crippen LogP contribution in [0, 0.1) is 11.7 Å². The Morgan fingerprint density at radius 2 is 2.12 bits per heavy atom. The molecule has 4 N–H and O–H groups in total. The largest absolute Gasteiger partial charge is 0.369 e. The molecule has 0 saturated carbocycles. The molecular weight excluding hydrogens is 407 g/mol. The van der Waals surface area contributed by atoms with E-state index in [4.69, 9.17) is 5.73 Å². The molecule has 0 bridgehead atoms. The van der Waals surface area contributed by atoms with Crippen LogP contribution in [0.2, 0.25) is 0 Å². The Bertz CT molecular complexity index is 961. The fraction of sp³-hybridized carbons (Fsp3) is 0.458. The summed E-state index contributed by atoms with van der Waals surface area (Å²) in [5.74, 6) is 0.875. The van der Waals surface area contributed by atoms with E-state index in [1.54, 1.807) is 25.4 Å². The molecule has 1 fully saturated rings. The van der Waals surface area contributed by atoms with Gasteiger partial charge >= 0.3 is 0 Å². The number of aliphatic imine (C=N–C) groups is 1. The van der Waals surface area contributed by atoms with Gasteiger partial charge in [0.2, 0.25) is 5.91 Å². The maximum atomic E-state index is 13.6. The predicted octanol–water partition coefficient (Wildman–Crippen LogP) is 2.57. The van der Waals surface area contributed by atoms with Crippen LogP contribution in [0.1, 0.15) is 37.8 Å². The van der Waals surface area contributed by atoms with Crippen LogP contribution in [0.25, 0.3) is 0 Å². The highest BCUT2D eigenvalue weighted by molar-refractivity contribution is 5.80. The molecule has 1 unspecified atom stereocenters. The third-order valence-corrected chi connectivity index (χ3v) is 5.96. The summed E-state index contributed by atoms with van der Waals surface area (Å²) < 4.78 is 13.6. The molecule has 7 nitrogen and oxygen atoms in total. The van der Waals surface area contributed by atoms with Crippen LogP contribution in [0.4, 0.5) is 10.2 Å². The van der Waals surface area contributed by atoms with E-state index in [0.717, 1.165) is 36.3 Å². The average Bonchev–Trinajstić information content (AvgIpc) is 2.79. The molecule has 1 aliphatic rings. The smallest absolute Gasteiger partial charge is 0.222 e. The molecule has 32 heavy (non-hydrogen) atoms. The van der Waals surface area contributed by atoms with Crippen molar-refractivity contribution in [1.82, 2.24) is 15.6 Å². The quantitative estimate of drug-likeness (QED) is 0.454. The number of nitrogens with one attached hydrogen (secondary N) is 2. The first-order valence-electron chi connectivity index (χ1n) is 11.0. The van der Waals surface area contributed by atoms with Crippen LogP contribution in [0.15, 0.2) is 47.6 Å². The lowest BCUT2D eigenvalue weighted by atomic mass is 9.84. The molecular formula is C24H33FN6O. The number of aromatic nitrogens is 1. The molecule has 1 aromatic carbocycles. The highest BCUT2D eigenvalue weighted by Gasteiger charge is 2.26. The number of pyridine rings is 1. The van der Waals surface area contributed by atoms with Crippen LogP contribution in [-0.4, -0.2) is 43.5 Å². The Morgan fingerprint density at radius 3 is 2.84 bits per heavy atom. The van der Waals surface area contributed by atoms with Crippen molar-refractivity contribution in [1.29, 1.82) is 0 Å². The van der Waals surface area contributed by atoms with Gasteiger partial charge in [-0.05, 0) is 36.6 Å². The van der Waals surface area contributed by atoms with Crippen molar-refractivity contribution in [3.05, 3.63) is 59.5 Å². The van der Waals surface area contributed by atoms with Crippen LogP contribution < -0.4 is 21.3 Å². The molecule has 1 aromatic heterocycles. The SMILES string of the molecule is CN=C(NCc1cccnc1N1CCCC(C(N)=O)C1)NCC(C)(C)c1cccc(F)c1. The first-order chi connectivity index (χ1) is 15.3. The minimum Gasteiger partial charge on any atom is -0.369 e. The second-order valence-electron chi connectivity index (χ2n) is 8.85. The van der Waals surface area contributed by atoms with Crippen LogP contribution in [0.5, 0.6) is 0 Å². The van der Waals surface area contributed by atoms with E-state index in [0.29, 0.717) is 25.6 Å². The molecule has 3 rings (SSSR count). The monoisotopic (exact) mass is 440 g/mol. The summed E-state index contributed by atoms with van der Waals surface area (Å²) in [6.45, 7) is 6.68. The van der Waals surface area contributed by atoms with Crippen molar-refractivity contribution in [3.63, 3.8) is 0 Å². The molecule has 1 amide bonds. The number of primary amides is 1. The molecule has 0 radical (unpaired) electrons. The Labute approximate surface area is 189 Å². The van der Waals surface area contributed by atoms with Crippen molar-refractivity contribution in [2.75, 3.05) is 31.6 Å². The fourth-order valence-electron chi connectivity index (χ4n) is 3.97. The minimum atomic E-state index is -0.281. The number of carbonyl (C=O) groups is 1. The van der Waals surface area contributed by atoms with Gasteiger partial charge in [-0.3, -0.25) is 9.79 Å². The molecule has 0 aliphatic carbocycles. The number of anilines is 1. The van der Waals surface area contributed by atoms with Crippen molar-refractivity contribution in [2.45, 2.75) is 38.6 Å². The standard InChI is InChI=1S/C24H33FN6O/c1-24(2,19-9-4-10-20(25)13-19)16-30-23(27-3)29-14-17-7-5-11-28-22(17)31-12-6-8-18(15-31)21(26)32/h4-5,7,9-11,13,18H,6,8,12,14-16H2,1-3H3,(H2,26,32)(H2,27,29,30). The summed E-state index contributed by atoms with van der Waals surface area (Å²) in [4.78, 5) is 22.7. The Morgan fingerprint density at radius 1 is 1.31 bits per heavy atom. The van der Waals surface area contributed by atoms with Gasteiger partial charge in [0.1, 0.15) is 11.6 Å². The van der Waals surface area contributed by atoms with E-state index >= 15 is 0 Å². The number of carbonyl (C=O) groups excluding carboxylic acids is 1. The molecule has 2 heterocycles. The maximum absolute atomic E-state index is 13.6. The number of hydrogen-bond acceptors (Lipinski definition) is 4. The van der Waals surface area contributed by atoms with Gasteiger partial charge in [-0.1, -0.05) is 32.0 Å². The molecule has 1 aliphatic heterocycles. The first-order valence-corrected chi connectivity index (χ1v) is 11.0. The third kappa shape index (κ3) is 5.96. The summed E-state index contributed by atoms with van der Waals surface area (Å²) in [5.41, 5.74) is 7.20. The van der Waals surface area contributed by atoms with Gasteiger partial charge in [0.25, 0.3) is 0 Å². The van der Waals surface area contributed by atoms with E-state index in [-0.39, 0.29) is 23.1 Å². The molecule has 1 saturated heterocycles. The normalized spacial score (nSPS) is 17.2. The Hall–Kier alpha value is -3.16. The van der Waals surface area contributed by atoms with Crippen molar-refractivity contribution < 1.29 is 9.18 Å². The van der Waals surface area contributed by atoms with Crippen LogP contribution >= 0.6 is 0 Å². The summed E-state index contributed by atoms with van der Waals surface area (Å²) in [5, 5.41) is 6.68. The summed E-state index contributed by atoms with van der Waals surface area (Å²) in [6.07, 6.45) is 3.50. The minimum absolute atomic E-state index is 0.147. The number of nitrogens with zero attached hydrogens (tertiary/aromatic N) is 3. The predicted molar refractivity (Wildman–Crippen MR) is 126 cm³/mol. The number of piperidine rings is 1. The van der Waals surface area contributed by atoms with E-state index < -0.39 is 0 Å². The van der Waals surface area contributed by atoms with Gasteiger partial charge in [-0.2, -0.15) is 0 Å². The van der Waals surface area contributed by atoms with E-state index in [1.807, 2.05) is 18.2 Å². The molecule has 0 spiro atoms. The number of benzene rings is 1. The number of hydrogen-bond donors (Lipinski definition) is 3. The molecule has 8 heteroatoms. The molecule has 2 aromatic rings. The van der Waals surface area contributed by atoms with Crippen LogP contribution in [0.3, 0.4) is 0 Å². The third-order valence-electron chi connectivity index (χ3n) is 5.96. The highest BCUT2D eigenvalue weighted by atomic mass is 19.1. The molecule has 1 atom stereocenters. The van der Waals surface area contributed by atoms with E-state index in [9.17, 15) is 9.18 Å². The highest BCUT2D eigenvalue weighted by Crippen LogP contribution is 2.25. The van der Waals surface area contributed by atoms with Gasteiger partial charge in [-0.25, -0.2) is 9.37 Å². The number of halogens is 1. The van der Waals surface area contributed by atoms with Crippen LogP contribution in [-0.2, 0) is 16.8 Å². The van der Waals surface area contributed by atoms with E-state index in [2.05, 4.69) is 39.4 Å². The van der Waals surface area contributed by atoms with Gasteiger partial charge in [-0.15, -0.1) is 0 Å². The number of rotatable bonds is 7. The lowest BCUT2D eigenvalue weighted by Gasteiger charge is -2.33. The zero-order valence-corrected chi connectivity index (χ0v) is 19.1. The van der Waals surface area contributed by atoms with Crippen molar-refractivity contribution >= 4 is 17.7 Å². The molecule has 172 valence electrons. The van der Waals surface area contributed by atoms with Gasteiger partial charge < -0.3 is 21.3 Å². The van der Waals surface area contributed by atoms with Crippen molar-refractivity contribution in [2.24, 2.45) is 16.6 Å². The lowest BCUT2D eigenvalue weighted by Crippen LogP contribution is -2.44. The number of nitrogens with two attached hydrogens (primary N) is 1. The lowest BCUT2D eigenvalue weighted by molar-refractivity contribution is -0.122. The summed E-state index contributed by atoms with van der Waals surface area (Å²) in [6, 6.07) is 10.6. The van der Waals surface area contributed by atoms with Gasteiger partial charge in [0, 0.05) is 50.4 Å². The number of amides is 1. The maximum Gasteiger partial charge on any atom is 0.222 e. The summed E-state index contributed by atoms with van der Waals surface area (Å²) >= 11 is 0. The first kappa shape index (κ1) is 23.5. The van der Waals surface area contributed by atoms with E-state index in [1.165, 1.54) is 6.07 Å².